The van der Waals surface area contributed by atoms with Crippen molar-refractivity contribution < 1.29 is 0 Å². The van der Waals surface area contributed by atoms with Crippen LogP contribution in [0.25, 0.3) is 22.3 Å². The molecule has 182 valence electrons. The minimum atomic E-state index is 0.237. The molecule has 0 N–H and O–H groups in total. The molecule has 0 fully saturated rings. The summed E-state index contributed by atoms with van der Waals surface area (Å²) in [6.45, 7) is 0. The van der Waals surface area contributed by atoms with Gasteiger partial charge < -0.3 is 0 Å². The lowest BCUT2D eigenvalue weighted by Crippen LogP contribution is -2.22. The maximum absolute atomic E-state index is 4.43. The zero-order valence-electron chi connectivity index (χ0n) is 21.2. The Labute approximate surface area is 224 Å². The molecular weight excluding hydrogens is 460 g/mol. The third-order valence-corrected chi connectivity index (χ3v) is 7.92. The van der Waals surface area contributed by atoms with Gasteiger partial charge in [-0.05, 0) is 80.6 Å². The monoisotopic (exact) mass is 488 g/mol. The minimum absolute atomic E-state index is 0.237. The fraction of sp³-hybridized carbons (Fsp3) is 0.111. The van der Waals surface area contributed by atoms with Gasteiger partial charge in [0.15, 0.2) is 0 Å². The molecule has 0 bridgehead atoms. The highest BCUT2D eigenvalue weighted by Crippen LogP contribution is 2.50. The van der Waals surface area contributed by atoms with E-state index in [1.807, 2.05) is 30.9 Å². The minimum Gasteiger partial charge on any atom is -0.269 e. The lowest BCUT2D eigenvalue weighted by atomic mass is 9.66. The summed E-state index contributed by atoms with van der Waals surface area (Å²) in [5.41, 5.74) is 13.0. The summed E-state index contributed by atoms with van der Waals surface area (Å²) in [5, 5.41) is 0. The SMILES string of the molecule is C1=CC2=C(c3cccc(C4=CN=CCC4)c3)c3ccccc3C(c3cccc(-c4cccnc4)c3)C2C=C1. The zero-order chi connectivity index (χ0) is 25.3. The van der Waals surface area contributed by atoms with Gasteiger partial charge in [0.1, 0.15) is 0 Å². The quantitative estimate of drug-likeness (QED) is 0.282. The van der Waals surface area contributed by atoms with Gasteiger partial charge >= 0.3 is 0 Å². The highest BCUT2D eigenvalue weighted by atomic mass is 14.7. The van der Waals surface area contributed by atoms with E-state index in [0.29, 0.717) is 0 Å². The highest BCUT2D eigenvalue weighted by molar-refractivity contribution is 5.90. The predicted octanol–water partition coefficient (Wildman–Crippen LogP) is 8.64. The van der Waals surface area contributed by atoms with Crippen molar-refractivity contribution in [1.82, 2.24) is 4.98 Å². The summed E-state index contributed by atoms with van der Waals surface area (Å²) in [4.78, 5) is 8.78. The molecule has 2 unspecified atom stereocenters. The third-order valence-electron chi connectivity index (χ3n) is 7.92. The maximum atomic E-state index is 4.43. The number of rotatable bonds is 4. The Hall–Kier alpha value is -4.56. The predicted molar refractivity (Wildman–Crippen MR) is 158 cm³/mol. The van der Waals surface area contributed by atoms with Crippen molar-refractivity contribution in [2.24, 2.45) is 10.9 Å². The van der Waals surface area contributed by atoms with E-state index in [1.165, 1.54) is 50.1 Å². The number of fused-ring (bicyclic) bond motifs is 2. The van der Waals surface area contributed by atoms with Gasteiger partial charge in [-0.2, -0.15) is 0 Å². The van der Waals surface area contributed by atoms with Gasteiger partial charge in [-0.3, -0.25) is 9.98 Å². The summed E-state index contributed by atoms with van der Waals surface area (Å²) in [5.74, 6) is 0.498. The molecule has 3 aliphatic rings. The van der Waals surface area contributed by atoms with E-state index in [2.05, 4.69) is 113 Å². The van der Waals surface area contributed by atoms with E-state index >= 15 is 0 Å². The van der Waals surface area contributed by atoms with Gasteiger partial charge in [-0.15, -0.1) is 0 Å². The molecule has 2 nitrogen and oxygen atoms in total. The molecule has 1 aromatic heterocycles. The van der Waals surface area contributed by atoms with Crippen LogP contribution in [0.1, 0.15) is 46.6 Å². The second kappa shape index (κ2) is 9.72. The molecular formula is C36H28N2. The molecule has 0 spiro atoms. The Morgan fingerprint density at radius 2 is 1.61 bits per heavy atom. The van der Waals surface area contributed by atoms with Crippen molar-refractivity contribution in [2.75, 3.05) is 0 Å². The van der Waals surface area contributed by atoms with Crippen LogP contribution in [0, 0.1) is 5.92 Å². The molecule has 2 aliphatic carbocycles. The van der Waals surface area contributed by atoms with E-state index in [9.17, 15) is 0 Å². The van der Waals surface area contributed by atoms with Crippen LogP contribution >= 0.6 is 0 Å². The number of pyridine rings is 1. The normalized spacial score (nSPS) is 19.6. The Morgan fingerprint density at radius 1 is 0.737 bits per heavy atom. The molecule has 0 saturated heterocycles. The number of aliphatic imine (C=N–C) groups is 1. The molecule has 0 saturated carbocycles. The molecule has 3 aromatic carbocycles. The summed E-state index contributed by atoms with van der Waals surface area (Å²) in [6, 6.07) is 31.2. The van der Waals surface area contributed by atoms with E-state index < -0.39 is 0 Å². The van der Waals surface area contributed by atoms with Crippen LogP contribution in [0.15, 0.2) is 138 Å². The molecule has 2 heterocycles. The summed E-state index contributed by atoms with van der Waals surface area (Å²) >= 11 is 0. The number of aromatic nitrogens is 1. The van der Waals surface area contributed by atoms with Gasteiger partial charge in [0.25, 0.3) is 0 Å². The standard InChI is InChI=1S/C36H28N2/c1-2-16-32-31(15-1)35(27-11-5-9-25(21-27)29-13-7-19-37-23-29)33-17-3-4-18-34(33)36(32)28-12-6-10-26(22-28)30-14-8-20-38-24-30/h1-7,9-13,15-24,31,35H,8,14H2. The van der Waals surface area contributed by atoms with Crippen molar-refractivity contribution >= 4 is 17.4 Å². The van der Waals surface area contributed by atoms with Gasteiger partial charge in [0.05, 0.1) is 0 Å². The molecule has 38 heavy (non-hydrogen) atoms. The topological polar surface area (TPSA) is 25.2 Å². The summed E-state index contributed by atoms with van der Waals surface area (Å²) in [7, 11) is 0. The molecule has 0 amide bonds. The van der Waals surface area contributed by atoms with Gasteiger partial charge in [0.2, 0.25) is 0 Å². The number of benzene rings is 3. The van der Waals surface area contributed by atoms with E-state index in [-0.39, 0.29) is 11.8 Å². The van der Waals surface area contributed by atoms with Crippen LogP contribution in [-0.4, -0.2) is 11.2 Å². The second-order valence-electron chi connectivity index (χ2n) is 10.1. The largest absolute Gasteiger partial charge is 0.269 e. The van der Waals surface area contributed by atoms with Gasteiger partial charge in [-0.1, -0.05) is 97.1 Å². The lowest BCUT2D eigenvalue weighted by molar-refractivity contribution is 0.649. The average Bonchev–Trinajstić information content (AvgIpc) is 3.01. The van der Waals surface area contributed by atoms with Crippen molar-refractivity contribution in [3.8, 4) is 11.1 Å². The van der Waals surface area contributed by atoms with Crippen molar-refractivity contribution in [3.63, 3.8) is 0 Å². The first kappa shape index (κ1) is 22.6. The van der Waals surface area contributed by atoms with Crippen molar-refractivity contribution in [1.29, 1.82) is 0 Å². The van der Waals surface area contributed by atoms with Crippen LogP contribution in [0.5, 0.6) is 0 Å². The average molecular weight is 489 g/mol. The summed E-state index contributed by atoms with van der Waals surface area (Å²) in [6.07, 6.45) is 18.9. The number of hydrogen-bond acceptors (Lipinski definition) is 2. The highest BCUT2D eigenvalue weighted by Gasteiger charge is 2.35. The Morgan fingerprint density at radius 3 is 2.50 bits per heavy atom. The lowest BCUT2D eigenvalue weighted by Gasteiger charge is -2.37. The Balaban J connectivity index is 1.39. The molecule has 4 aromatic rings. The van der Waals surface area contributed by atoms with E-state index in [4.69, 9.17) is 0 Å². The first-order valence-electron chi connectivity index (χ1n) is 13.4. The fourth-order valence-electron chi connectivity index (χ4n) is 6.19. The van der Waals surface area contributed by atoms with Gasteiger partial charge in [0, 0.05) is 36.6 Å². The number of nitrogens with zero attached hydrogens (tertiary/aromatic N) is 2. The Bertz CT molecular complexity index is 1670. The molecule has 2 atom stereocenters. The van der Waals surface area contributed by atoms with Crippen molar-refractivity contribution in [2.45, 2.75) is 18.8 Å². The van der Waals surface area contributed by atoms with Crippen LogP contribution in [0.2, 0.25) is 0 Å². The summed E-state index contributed by atoms with van der Waals surface area (Å²) < 4.78 is 0. The number of allylic oxidation sites excluding steroid dienone is 6. The Kier molecular flexibility index (Phi) is 5.79. The third kappa shape index (κ3) is 3.99. The molecule has 2 heteroatoms. The smallest absolute Gasteiger partial charge is 0.0346 e. The van der Waals surface area contributed by atoms with Crippen molar-refractivity contribution in [3.05, 3.63) is 161 Å². The van der Waals surface area contributed by atoms with Gasteiger partial charge in [-0.25, -0.2) is 0 Å². The fourth-order valence-corrected chi connectivity index (χ4v) is 6.19. The van der Waals surface area contributed by atoms with Crippen LogP contribution in [-0.2, 0) is 0 Å². The van der Waals surface area contributed by atoms with Crippen LogP contribution < -0.4 is 0 Å². The first-order chi connectivity index (χ1) is 18.9. The first-order valence-corrected chi connectivity index (χ1v) is 13.4. The van der Waals surface area contributed by atoms with Crippen LogP contribution in [0.4, 0.5) is 0 Å². The maximum Gasteiger partial charge on any atom is 0.0346 e. The second-order valence-corrected chi connectivity index (χ2v) is 10.1. The molecule has 1 aliphatic heterocycles. The molecule has 7 rings (SSSR count). The van der Waals surface area contributed by atoms with Crippen LogP contribution in [0.3, 0.4) is 0 Å². The zero-order valence-corrected chi connectivity index (χ0v) is 21.2. The molecule has 0 radical (unpaired) electrons. The van der Waals surface area contributed by atoms with E-state index in [0.717, 1.165) is 18.4 Å². The van der Waals surface area contributed by atoms with E-state index in [1.54, 1.807) is 0 Å². The number of hydrogen-bond donors (Lipinski definition) is 0.